The van der Waals surface area contributed by atoms with E-state index in [4.69, 9.17) is 9.84 Å². The Morgan fingerprint density at radius 2 is 2.25 bits per heavy atom. The number of hydrogen-bond acceptors (Lipinski definition) is 3. The maximum atomic E-state index is 11.9. The van der Waals surface area contributed by atoms with Crippen LogP contribution in [0.5, 0.6) is 0 Å². The summed E-state index contributed by atoms with van der Waals surface area (Å²) in [5.41, 5.74) is 0. The van der Waals surface area contributed by atoms with Gasteiger partial charge < -0.3 is 9.84 Å². The van der Waals surface area contributed by atoms with E-state index in [1.165, 1.54) is 0 Å². The molecule has 7 heteroatoms. The van der Waals surface area contributed by atoms with Crippen molar-refractivity contribution < 1.29 is 23.4 Å². The fourth-order valence-corrected chi connectivity index (χ4v) is 1.69. The van der Waals surface area contributed by atoms with Crippen LogP contribution in [0.3, 0.4) is 0 Å². The first-order chi connectivity index (χ1) is 7.08. The molecule has 0 saturated carbocycles. The third-order valence-electron chi connectivity index (χ3n) is 2.28. The Bertz CT molecular complexity index is 219. The summed E-state index contributed by atoms with van der Waals surface area (Å²) in [7, 11) is 0. The summed E-state index contributed by atoms with van der Waals surface area (Å²) in [6.45, 7) is 0.514. The fourth-order valence-electron chi connectivity index (χ4n) is 1.69. The first-order valence-corrected chi connectivity index (χ1v) is 4.92. The molecule has 0 amide bonds. The topological polar surface area (TPSA) is 49.8 Å². The van der Waals surface area contributed by atoms with Crippen LogP contribution in [-0.4, -0.2) is 54.7 Å². The van der Waals surface area contributed by atoms with Crippen molar-refractivity contribution in [2.75, 3.05) is 26.2 Å². The average molecular weight is 260 g/mol. The predicted molar refractivity (Wildman–Crippen MR) is 56.3 cm³/mol. The molecular weight excluding hydrogens is 244 g/mol. The Balaban J connectivity index is 0.00000225. The molecule has 1 heterocycles. The van der Waals surface area contributed by atoms with E-state index in [2.05, 4.69) is 0 Å². The van der Waals surface area contributed by atoms with Crippen LogP contribution in [0.15, 0.2) is 0 Å². The molecule has 0 aliphatic carbocycles. The number of carbonyl (C=O) groups is 1. The highest BCUT2D eigenvalue weighted by Gasteiger charge is 2.22. The predicted octanol–water partition coefficient (Wildman–Crippen LogP) is 1.24. The molecule has 0 radical (unpaired) electrons. The van der Waals surface area contributed by atoms with Crippen LogP contribution in [0.25, 0.3) is 0 Å². The third-order valence-corrected chi connectivity index (χ3v) is 2.28. The minimum absolute atomic E-state index is 0. The van der Waals surface area contributed by atoms with E-state index in [0.717, 1.165) is 12.8 Å². The molecule has 96 valence electrons. The minimum atomic E-state index is -2.46. The molecular formula is C9H16ClF2NO3. The molecule has 16 heavy (non-hydrogen) atoms. The van der Waals surface area contributed by atoms with Crippen molar-refractivity contribution >= 4 is 18.4 Å². The molecule has 1 rings (SSSR count). The highest BCUT2D eigenvalue weighted by Crippen LogP contribution is 2.13. The molecule has 0 aromatic carbocycles. The van der Waals surface area contributed by atoms with Crippen LogP contribution in [0.1, 0.15) is 12.8 Å². The maximum Gasteiger partial charge on any atom is 0.317 e. The van der Waals surface area contributed by atoms with Crippen molar-refractivity contribution in [1.82, 2.24) is 4.90 Å². The van der Waals surface area contributed by atoms with Gasteiger partial charge >= 0.3 is 5.97 Å². The van der Waals surface area contributed by atoms with Crippen LogP contribution in [-0.2, 0) is 9.53 Å². The number of hydrogen-bond donors (Lipinski definition) is 1. The van der Waals surface area contributed by atoms with E-state index in [0.29, 0.717) is 13.1 Å². The maximum absolute atomic E-state index is 11.9. The van der Waals surface area contributed by atoms with Gasteiger partial charge in [0.25, 0.3) is 6.43 Å². The monoisotopic (exact) mass is 259 g/mol. The third kappa shape index (κ3) is 6.19. The summed E-state index contributed by atoms with van der Waals surface area (Å²) in [6.07, 6.45) is -1.20. The van der Waals surface area contributed by atoms with E-state index >= 15 is 0 Å². The van der Waals surface area contributed by atoms with Crippen molar-refractivity contribution in [3.8, 4) is 0 Å². The Labute approximate surface area is 99.0 Å². The van der Waals surface area contributed by atoms with Gasteiger partial charge in [-0.05, 0) is 19.4 Å². The molecule has 0 bridgehead atoms. The van der Waals surface area contributed by atoms with Crippen molar-refractivity contribution in [2.45, 2.75) is 25.4 Å². The van der Waals surface area contributed by atoms with Gasteiger partial charge in [0.05, 0.1) is 12.6 Å². The lowest BCUT2D eigenvalue weighted by Gasteiger charge is -2.31. The number of carboxylic acid groups (broad SMARTS) is 1. The molecule has 0 spiro atoms. The molecule has 1 N–H and O–H groups in total. The summed E-state index contributed by atoms with van der Waals surface area (Å²) in [5.74, 6) is -0.899. The first kappa shape index (κ1) is 15.5. The summed E-state index contributed by atoms with van der Waals surface area (Å²) in [6, 6.07) is 0. The average Bonchev–Trinajstić information content (AvgIpc) is 2.14. The standard InChI is InChI=1S/C9H15F2NO3.ClH/c10-8(11)6-15-7-2-1-3-12(4-7)5-9(13)14;/h7-8H,1-6H2,(H,13,14);1H. The largest absolute Gasteiger partial charge is 0.480 e. The quantitative estimate of drug-likeness (QED) is 0.807. The summed E-state index contributed by atoms with van der Waals surface area (Å²) >= 11 is 0. The van der Waals surface area contributed by atoms with Crippen LogP contribution in [0, 0.1) is 0 Å². The van der Waals surface area contributed by atoms with E-state index < -0.39 is 19.0 Å². The van der Waals surface area contributed by atoms with E-state index in [9.17, 15) is 13.6 Å². The highest BCUT2D eigenvalue weighted by atomic mass is 35.5. The van der Waals surface area contributed by atoms with Gasteiger partial charge in [-0.25, -0.2) is 8.78 Å². The van der Waals surface area contributed by atoms with Crippen molar-refractivity contribution in [2.24, 2.45) is 0 Å². The zero-order valence-electron chi connectivity index (χ0n) is 8.77. The van der Waals surface area contributed by atoms with Gasteiger partial charge in [0.1, 0.15) is 6.61 Å². The number of halogens is 3. The number of alkyl halides is 2. The number of rotatable bonds is 5. The first-order valence-electron chi connectivity index (χ1n) is 4.92. The van der Waals surface area contributed by atoms with Gasteiger partial charge in [-0.2, -0.15) is 0 Å². The minimum Gasteiger partial charge on any atom is -0.480 e. The number of piperidine rings is 1. The van der Waals surface area contributed by atoms with Crippen molar-refractivity contribution in [1.29, 1.82) is 0 Å². The van der Waals surface area contributed by atoms with Gasteiger partial charge in [-0.1, -0.05) is 0 Å². The zero-order valence-corrected chi connectivity index (χ0v) is 9.59. The Hall–Kier alpha value is -0.460. The van der Waals surface area contributed by atoms with E-state index in [1.54, 1.807) is 4.90 Å². The lowest BCUT2D eigenvalue weighted by atomic mass is 10.1. The summed E-state index contributed by atoms with van der Waals surface area (Å²) < 4.78 is 28.7. The lowest BCUT2D eigenvalue weighted by molar-refractivity contribution is -0.139. The summed E-state index contributed by atoms with van der Waals surface area (Å²) in [5, 5.41) is 8.57. The molecule has 1 unspecified atom stereocenters. The summed E-state index contributed by atoms with van der Waals surface area (Å²) in [4.78, 5) is 12.1. The SMILES string of the molecule is Cl.O=C(O)CN1CCCC(OCC(F)F)C1. The van der Waals surface area contributed by atoms with E-state index in [1.807, 2.05) is 0 Å². The zero-order chi connectivity index (χ0) is 11.3. The molecule has 1 atom stereocenters. The molecule has 1 aliphatic rings. The fraction of sp³-hybridized carbons (Fsp3) is 0.889. The van der Waals surface area contributed by atoms with Gasteiger partial charge in [0.2, 0.25) is 0 Å². The molecule has 0 aromatic rings. The van der Waals surface area contributed by atoms with Gasteiger partial charge in [0, 0.05) is 6.54 Å². The Kier molecular flexibility index (Phi) is 7.53. The second-order valence-corrected chi connectivity index (χ2v) is 3.62. The second kappa shape index (κ2) is 7.76. The molecule has 1 saturated heterocycles. The van der Waals surface area contributed by atoms with Crippen LogP contribution in [0.2, 0.25) is 0 Å². The van der Waals surface area contributed by atoms with E-state index in [-0.39, 0.29) is 25.1 Å². The molecule has 4 nitrogen and oxygen atoms in total. The molecule has 1 aliphatic heterocycles. The van der Waals surface area contributed by atoms with Crippen LogP contribution in [0.4, 0.5) is 8.78 Å². The lowest BCUT2D eigenvalue weighted by Crippen LogP contribution is -2.42. The van der Waals surface area contributed by atoms with Crippen molar-refractivity contribution in [3.63, 3.8) is 0 Å². The highest BCUT2D eigenvalue weighted by molar-refractivity contribution is 5.85. The number of likely N-dealkylation sites (tertiary alicyclic amines) is 1. The molecule has 0 aromatic heterocycles. The number of ether oxygens (including phenoxy) is 1. The number of carboxylic acids is 1. The second-order valence-electron chi connectivity index (χ2n) is 3.62. The normalized spacial score (nSPS) is 21.8. The number of aliphatic carboxylic acids is 1. The Morgan fingerprint density at radius 1 is 1.56 bits per heavy atom. The van der Waals surface area contributed by atoms with Crippen molar-refractivity contribution in [3.05, 3.63) is 0 Å². The number of nitrogens with zero attached hydrogens (tertiary/aromatic N) is 1. The molecule has 1 fully saturated rings. The smallest absolute Gasteiger partial charge is 0.317 e. The van der Waals surface area contributed by atoms with Gasteiger partial charge in [-0.3, -0.25) is 9.69 Å². The van der Waals surface area contributed by atoms with Crippen LogP contribution < -0.4 is 0 Å². The van der Waals surface area contributed by atoms with Crippen LogP contribution >= 0.6 is 12.4 Å². The Morgan fingerprint density at radius 3 is 2.81 bits per heavy atom. The van der Waals surface area contributed by atoms with Gasteiger partial charge in [0.15, 0.2) is 0 Å². The van der Waals surface area contributed by atoms with Gasteiger partial charge in [-0.15, -0.1) is 12.4 Å².